The molecule has 398 valence electrons. The topological polar surface area (TPSA) is 207 Å². The van der Waals surface area contributed by atoms with Gasteiger partial charge < -0.3 is 30.4 Å². The molecule has 0 saturated carbocycles. The molecule has 0 unspecified atom stereocenters. The molecular formula is C68H58N4O8. The number of hydrogen-bond acceptors (Lipinski definition) is 6. The zero-order chi connectivity index (χ0) is 56.6. The average molecular weight is 1060 g/mol. The lowest BCUT2D eigenvalue weighted by atomic mass is 9.90. The molecule has 0 atom stereocenters. The minimum atomic E-state index is -1.41. The molecule has 11 rings (SSSR count). The van der Waals surface area contributed by atoms with Crippen molar-refractivity contribution in [3.63, 3.8) is 0 Å². The lowest BCUT2D eigenvalue weighted by Crippen LogP contribution is -2.08. The van der Waals surface area contributed by atoms with E-state index in [1.54, 1.807) is 0 Å². The maximum Gasteiger partial charge on any atom is 0.336 e. The van der Waals surface area contributed by atoms with E-state index in [0.29, 0.717) is 89.4 Å². The molecule has 6 aromatic carbocycles. The van der Waals surface area contributed by atoms with Crippen molar-refractivity contribution in [2.24, 2.45) is 0 Å². The Kier molecular flexibility index (Phi) is 13.3. The van der Waals surface area contributed by atoms with Gasteiger partial charge in [0.05, 0.1) is 45.0 Å². The van der Waals surface area contributed by atoms with Crippen LogP contribution >= 0.6 is 0 Å². The van der Waals surface area contributed by atoms with Crippen LogP contribution in [0.25, 0.3) is 112 Å². The molecular weight excluding hydrogens is 1000 g/mol. The van der Waals surface area contributed by atoms with Gasteiger partial charge in [-0.2, -0.15) is 0 Å². The van der Waals surface area contributed by atoms with Crippen LogP contribution in [-0.4, -0.2) is 64.2 Å². The van der Waals surface area contributed by atoms with Crippen LogP contribution in [0.2, 0.25) is 0 Å². The maximum absolute atomic E-state index is 13.2. The van der Waals surface area contributed by atoms with Crippen LogP contribution in [0.15, 0.2) is 146 Å². The van der Waals surface area contributed by atoms with E-state index in [4.69, 9.17) is 9.97 Å². The predicted octanol–water partition coefficient (Wildman–Crippen LogP) is 16.9. The highest BCUT2D eigenvalue weighted by molar-refractivity contribution is 6.12. The molecule has 3 aromatic heterocycles. The van der Waals surface area contributed by atoms with Crippen molar-refractivity contribution in [3.8, 4) is 89.5 Å². The molecule has 0 aliphatic carbocycles. The Morgan fingerprint density at radius 3 is 0.662 bits per heavy atom. The van der Waals surface area contributed by atoms with Gasteiger partial charge in [0.2, 0.25) is 0 Å². The van der Waals surface area contributed by atoms with E-state index in [2.05, 4.69) is 65.4 Å². The quantitative estimate of drug-likeness (QED) is 0.0682. The molecule has 0 saturated heterocycles. The van der Waals surface area contributed by atoms with Crippen molar-refractivity contribution in [3.05, 3.63) is 190 Å². The molecule has 5 heterocycles. The number of benzene rings is 6. The normalized spacial score (nSPS) is 11.8. The number of nitrogens with zero attached hydrogens (tertiary/aromatic N) is 2. The van der Waals surface area contributed by atoms with Gasteiger partial charge >= 0.3 is 23.9 Å². The van der Waals surface area contributed by atoms with Gasteiger partial charge in [-0.3, -0.25) is 0 Å². The second kappa shape index (κ2) is 20.3. The summed E-state index contributed by atoms with van der Waals surface area (Å²) in [6.45, 7) is 16.9. The van der Waals surface area contributed by atoms with Gasteiger partial charge in [-0.15, -0.1) is 0 Å². The Morgan fingerprint density at radius 2 is 0.500 bits per heavy atom. The number of carbonyl (C=O) groups is 4. The summed E-state index contributed by atoms with van der Waals surface area (Å²) in [5.74, 6) is -4.84. The van der Waals surface area contributed by atoms with E-state index < -0.39 is 46.1 Å². The van der Waals surface area contributed by atoms with Crippen molar-refractivity contribution in [2.75, 3.05) is 0 Å². The van der Waals surface area contributed by atoms with E-state index >= 15 is 0 Å². The average Bonchev–Trinajstić information content (AvgIpc) is 4.29. The summed E-state index contributed by atoms with van der Waals surface area (Å²) >= 11 is 0. The molecule has 0 radical (unpaired) electrons. The standard InChI is InChI=1S/C68H58N4O8/c1-33(2)37-9-17-41(18-10-37)57-53-25-26-54(69-53)58(42-19-11-38(12-20-42)34(3)4)63-47-31-51(67(77)78)52(68(79)80)32-48(47)64(72-63)60(44-23-15-40(16-24-44)36(7)8)56-28-27-55(70-56)59(43-21-13-39(14-22-43)35(5)6)62-46-30-50(66(75)76)49(65(73)74)29-45(46)61(57)71-62/h9-36,69-70H,1-8H3,(H,73,74)(H,75,76)(H,77,78)(H,79,80). The summed E-state index contributed by atoms with van der Waals surface area (Å²) in [7, 11) is 0. The number of carboxylic acid groups (broad SMARTS) is 4. The van der Waals surface area contributed by atoms with Gasteiger partial charge in [0.1, 0.15) is 0 Å². The fourth-order valence-electron chi connectivity index (χ4n) is 11.1. The molecule has 80 heavy (non-hydrogen) atoms. The zero-order valence-corrected chi connectivity index (χ0v) is 45.5. The Hall–Kier alpha value is -9.68. The van der Waals surface area contributed by atoms with Crippen molar-refractivity contribution in [2.45, 2.75) is 79.1 Å². The Bertz CT molecular complexity index is 3680. The summed E-state index contributed by atoms with van der Waals surface area (Å²) in [4.78, 5) is 71.4. The molecule has 12 nitrogen and oxygen atoms in total. The third-order valence-electron chi connectivity index (χ3n) is 15.6. The molecule has 0 spiro atoms. The van der Waals surface area contributed by atoms with Gasteiger partial charge in [0.15, 0.2) is 0 Å². The first-order valence-corrected chi connectivity index (χ1v) is 26.8. The molecule has 12 heteroatoms. The first kappa shape index (κ1) is 52.4. The predicted molar refractivity (Wildman–Crippen MR) is 316 cm³/mol. The molecule has 0 amide bonds. The van der Waals surface area contributed by atoms with E-state index in [1.165, 1.54) is 24.3 Å². The van der Waals surface area contributed by atoms with Crippen molar-refractivity contribution in [1.82, 2.24) is 19.9 Å². The van der Waals surface area contributed by atoms with Crippen LogP contribution in [0, 0.1) is 0 Å². The minimum absolute atomic E-state index is 0.200. The summed E-state index contributed by atoms with van der Waals surface area (Å²) in [5.41, 5.74) is 13.5. The number of aromatic carboxylic acids is 4. The smallest absolute Gasteiger partial charge is 0.336 e. The first-order valence-electron chi connectivity index (χ1n) is 26.8. The van der Waals surface area contributed by atoms with Crippen molar-refractivity contribution >= 4 is 45.9 Å². The highest BCUT2D eigenvalue weighted by atomic mass is 16.4. The van der Waals surface area contributed by atoms with Crippen molar-refractivity contribution in [1.29, 1.82) is 0 Å². The van der Waals surface area contributed by atoms with Crippen LogP contribution in [0.5, 0.6) is 0 Å². The first-order chi connectivity index (χ1) is 38.3. The molecule has 0 fully saturated rings. The largest absolute Gasteiger partial charge is 0.478 e. The van der Waals surface area contributed by atoms with E-state index in [1.807, 2.05) is 121 Å². The number of nitrogens with one attached hydrogen (secondary N) is 2. The second-order valence-electron chi connectivity index (χ2n) is 21.9. The summed E-state index contributed by atoms with van der Waals surface area (Å²) in [5, 5.41) is 42.9. The number of carboxylic acids is 4. The summed E-state index contributed by atoms with van der Waals surface area (Å²) in [6.07, 6.45) is 0. The Balaban J connectivity index is 1.43. The van der Waals surface area contributed by atoms with E-state index in [-0.39, 0.29) is 23.7 Å². The van der Waals surface area contributed by atoms with Gasteiger partial charge in [-0.1, -0.05) is 152 Å². The second-order valence-corrected chi connectivity index (χ2v) is 21.9. The Labute approximate surface area is 462 Å². The number of H-pyrrole nitrogens is 2. The molecule has 8 bridgehead atoms. The third kappa shape index (κ3) is 9.11. The number of aromatic nitrogens is 4. The zero-order valence-electron chi connectivity index (χ0n) is 45.5. The molecule has 2 aliphatic heterocycles. The van der Waals surface area contributed by atoms with Crippen LogP contribution in [0.1, 0.15) is 143 Å². The summed E-state index contributed by atoms with van der Waals surface area (Å²) < 4.78 is 0. The lowest BCUT2D eigenvalue weighted by molar-refractivity contribution is 0.0651. The van der Waals surface area contributed by atoms with E-state index in [9.17, 15) is 39.6 Å². The van der Waals surface area contributed by atoms with Gasteiger partial charge in [-0.25, -0.2) is 29.1 Å². The SMILES string of the molecule is CC(C)c1ccc(-c2c3nc(c(-c4ccc(C(C)C)cc4)c4ccc([nH]4)c(-c4ccc(C(C)C)cc4)c4nc(c(-c5ccc(C(C)C)cc5)c5ccc2[nH]5)-c2cc(C(=O)O)c(C(=O)O)cc2-4)-c2cc(C(=O)O)c(C(=O)O)cc2-3)cc1. The number of hydrogen-bond donors (Lipinski definition) is 6. The van der Waals surface area contributed by atoms with Crippen molar-refractivity contribution < 1.29 is 39.6 Å². The Morgan fingerprint density at radius 1 is 0.312 bits per heavy atom. The third-order valence-corrected chi connectivity index (χ3v) is 15.6. The highest BCUT2D eigenvalue weighted by Gasteiger charge is 2.33. The molecule has 9 aromatic rings. The molecule has 2 aliphatic rings. The van der Waals surface area contributed by atoms with Gasteiger partial charge in [0, 0.05) is 66.6 Å². The highest BCUT2D eigenvalue weighted by Crippen LogP contribution is 2.51. The van der Waals surface area contributed by atoms with E-state index in [0.717, 1.165) is 44.5 Å². The summed E-state index contributed by atoms with van der Waals surface area (Å²) in [6, 6.07) is 45.8. The van der Waals surface area contributed by atoms with Crippen LogP contribution in [0.4, 0.5) is 0 Å². The number of fused-ring (bicyclic) bond motifs is 14. The van der Waals surface area contributed by atoms with Crippen LogP contribution in [0.3, 0.4) is 0 Å². The lowest BCUT2D eigenvalue weighted by Gasteiger charge is -2.13. The van der Waals surface area contributed by atoms with Gasteiger partial charge in [-0.05, 0) is 117 Å². The fraction of sp³-hybridized carbons (Fsp3) is 0.176. The molecule has 6 N–H and O–H groups in total. The minimum Gasteiger partial charge on any atom is -0.478 e. The van der Waals surface area contributed by atoms with Gasteiger partial charge in [0.25, 0.3) is 0 Å². The maximum atomic E-state index is 13.2. The van der Waals surface area contributed by atoms with Crippen LogP contribution in [-0.2, 0) is 0 Å². The number of rotatable bonds is 12. The monoisotopic (exact) mass is 1060 g/mol. The number of aromatic amines is 2. The van der Waals surface area contributed by atoms with Crippen LogP contribution < -0.4 is 0 Å². The fourth-order valence-corrected chi connectivity index (χ4v) is 11.1.